The molecule has 0 unspecified atom stereocenters. The van der Waals surface area contributed by atoms with Crippen LogP contribution in [0.3, 0.4) is 0 Å². The molecule has 5 heteroatoms. The maximum Gasteiger partial charge on any atom is 0.344 e. The van der Waals surface area contributed by atoms with E-state index in [0.29, 0.717) is 5.69 Å². The van der Waals surface area contributed by atoms with Crippen LogP contribution in [0.25, 0.3) is 0 Å². The van der Waals surface area contributed by atoms with E-state index in [1.807, 2.05) is 4.90 Å². The number of carbonyl (C=O) groups is 1. The van der Waals surface area contributed by atoms with Crippen molar-refractivity contribution in [2.45, 2.75) is 39.2 Å². The first-order valence-electron chi connectivity index (χ1n) is 6.58. The molecule has 2 rings (SSSR count). The molecule has 0 amide bonds. The van der Waals surface area contributed by atoms with Crippen LogP contribution in [0.15, 0.2) is 17.2 Å². The Kier molecular flexibility index (Phi) is 3.64. The minimum atomic E-state index is -0.604. The van der Waals surface area contributed by atoms with Gasteiger partial charge in [-0.05, 0) is 33.6 Å². The van der Waals surface area contributed by atoms with E-state index in [1.165, 1.54) is 6.20 Å². The summed E-state index contributed by atoms with van der Waals surface area (Å²) in [7, 11) is 0. The summed E-state index contributed by atoms with van der Waals surface area (Å²) >= 11 is 0. The average Bonchev–Trinajstić information content (AvgIpc) is 2.80. The molecule has 104 valence electrons. The highest BCUT2D eigenvalue weighted by atomic mass is 16.6. The molecule has 0 bridgehead atoms. The number of rotatable bonds is 2. The van der Waals surface area contributed by atoms with Crippen molar-refractivity contribution < 1.29 is 9.53 Å². The fourth-order valence-electron chi connectivity index (χ4n) is 2.15. The number of carbonyl (C=O) groups excluding carboxylic acids is 1. The molecule has 0 spiro atoms. The normalized spacial score (nSPS) is 15.6. The van der Waals surface area contributed by atoms with Gasteiger partial charge in [0.15, 0.2) is 0 Å². The summed E-state index contributed by atoms with van der Waals surface area (Å²) in [6.45, 7) is 7.07. The van der Waals surface area contributed by atoms with Gasteiger partial charge in [-0.2, -0.15) is 0 Å². The summed E-state index contributed by atoms with van der Waals surface area (Å²) in [4.78, 5) is 29.2. The summed E-state index contributed by atoms with van der Waals surface area (Å²) in [5.41, 5.74) is -0.234. The van der Waals surface area contributed by atoms with Crippen LogP contribution in [-0.2, 0) is 4.74 Å². The van der Waals surface area contributed by atoms with Crippen molar-refractivity contribution in [1.82, 2.24) is 4.98 Å². The molecule has 2 heterocycles. The molecule has 0 aliphatic carbocycles. The van der Waals surface area contributed by atoms with Gasteiger partial charge in [-0.25, -0.2) is 4.79 Å². The number of ether oxygens (including phenoxy) is 1. The van der Waals surface area contributed by atoms with Crippen LogP contribution in [-0.4, -0.2) is 29.6 Å². The Bertz CT molecular complexity index is 522. The Balaban J connectivity index is 2.29. The quantitative estimate of drug-likeness (QED) is 0.829. The number of pyridine rings is 1. The third-order valence-corrected chi connectivity index (χ3v) is 2.99. The highest BCUT2D eigenvalue weighted by Gasteiger charge is 2.23. The maximum atomic E-state index is 12.3. The van der Waals surface area contributed by atoms with Gasteiger partial charge in [-0.15, -0.1) is 0 Å². The molecule has 0 radical (unpaired) electrons. The number of anilines is 1. The van der Waals surface area contributed by atoms with Crippen molar-refractivity contribution >= 4 is 11.7 Å². The molecule has 1 aliphatic heterocycles. The highest BCUT2D eigenvalue weighted by Crippen LogP contribution is 2.16. The van der Waals surface area contributed by atoms with E-state index < -0.39 is 11.6 Å². The fraction of sp³-hybridized carbons (Fsp3) is 0.571. The second-order valence-electron chi connectivity index (χ2n) is 5.78. The van der Waals surface area contributed by atoms with Gasteiger partial charge in [0, 0.05) is 25.5 Å². The molecule has 1 fully saturated rings. The van der Waals surface area contributed by atoms with Gasteiger partial charge in [-0.3, -0.25) is 4.79 Å². The van der Waals surface area contributed by atoms with Crippen molar-refractivity contribution in [3.05, 3.63) is 28.2 Å². The maximum absolute atomic E-state index is 12.3. The van der Waals surface area contributed by atoms with Crippen LogP contribution in [0.5, 0.6) is 0 Å². The molecule has 1 aromatic rings. The lowest BCUT2D eigenvalue weighted by molar-refractivity contribution is 0.00677. The fourth-order valence-corrected chi connectivity index (χ4v) is 2.15. The molecule has 1 saturated heterocycles. The average molecular weight is 264 g/mol. The van der Waals surface area contributed by atoms with E-state index in [4.69, 9.17) is 4.74 Å². The smallest absolute Gasteiger partial charge is 0.344 e. The number of nitrogens with zero attached hydrogens (tertiary/aromatic N) is 1. The van der Waals surface area contributed by atoms with Gasteiger partial charge in [0.25, 0.3) is 0 Å². The minimum absolute atomic E-state index is 0.0688. The molecule has 1 N–H and O–H groups in total. The zero-order chi connectivity index (χ0) is 14.0. The predicted octanol–water partition coefficient (Wildman–Crippen LogP) is 1.93. The standard InChI is InChI=1S/C14H20N2O3/c1-14(2,3)19-13(18)10-8-15-9-11(12(10)17)16-6-4-5-7-16/h8-9H,4-7H2,1-3H3,(H,15,17). The second-order valence-corrected chi connectivity index (χ2v) is 5.78. The lowest BCUT2D eigenvalue weighted by Crippen LogP contribution is -2.31. The second kappa shape index (κ2) is 5.07. The first-order valence-corrected chi connectivity index (χ1v) is 6.58. The Morgan fingerprint density at radius 1 is 1.26 bits per heavy atom. The molecular weight excluding hydrogens is 244 g/mol. The van der Waals surface area contributed by atoms with Crippen molar-refractivity contribution in [3.8, 4) is 0 Å². The van der Waals surface area contributed by atoms with E-state index in [9.17, 15) is 9.59 Å². The molecule has 0 aromatic carbocycles. The molecule has 0 atom stereocenters. The SMILES string of the molecule is CC(C)(C)OC(=O)c1c[nH]cc(N2CCCC2)c1=O. The Morgan fingerprint density at radius 2 is 1.89 bits per heavy atom. The number of aromatic nitrogens is 1. The molecule has 1 aromatic heterocycles. The lowest BCUT2D eigenvalue weighted by Gasteiger charge is -2.20. The monoisotopic (exact) mass is 264 g/mol. The van der Waals surface area contributed by atoms with Crippen LogP contribution < -0.4 is 10.3 Å². The largest absolute Gasteiger partial charge is 0.456 e. The third-order valence-electron chi connectivity index (χ3n) is 2.99. The molecular formula is C14H20N2O3. The highest BCUT2D eigenvalue weighted by molar-refractivity contribution is 5.90. The Morgan fingerprint density at radius 3 is 2.47 bits per heavy atom. The topological polar surface area (TPSA) is 62.4 Å². The Hall–Kier alpha value is -1.78. The summed E-state index contributed by atoms with van der Waals surface area (Å²) in [5.74, 6) is -0.574. The van der Waals surface area contributed by atoms with Gasteiger partial charge >= 0.3 is 5.97 Å². The summed E-state index contributed by atoms with van der Waals surface area (Å²) in [6, 6.07) is 0. The van der Waals surface area contributed by atoms with Crippen LogP contribution in [0, 0.1) is 0 Å². The van der Waals surface area contributed by atoms with E-state index in [2.05, 4.69) is 4.98 Å². The van der Waals surface area contributed by atoms with Gasteiger partial charge < -0.3 is 14.6 Å². The first kappa shape index (κ1) is 13.6. The lowest BCUT2D eigenvalue weighted by atomic mass is 10.2. The zero-order valence-corrected chi connectivity index (χ0v) is 11.7. The zero-order valence-electron chi connectivity index (χ0n) is 11.7. The number of nitrogens with one attached hydrogen (secondary N) is 1. The molecule has 0 saturated carbocycles. The number of aromatic amines is 1. The molecule has 1 aliphatic rings. The summed E-state index contributed by atoms with van der Waals surface area (Å²) in [6.07, 6.45) is 5.23. The number of esters is 1. The van der Waals surface area contributed by atoms with Crippen LogP contribution >= 0.6 is 0 Å². The van der Waals surface area contributed by atoms with Crippen molar-refractivity contribution in [3.63, 3.8) is 0 Å². The summed E-state index contributed by atoms with van der Waals surface area (Å²) < 4.78 is 5.24. The minimum Gasteiger partial charge on any atom is -0.456 e. The predicted molar refractivity (Wildman–Crippen MR) is 73.7 cm³/mol. The van der Waals surface area contributed by atoms with E-state index in [1.54, 1.807) is 27.0 Å². The first-order chi connectivity index (χ1) is 8.88. The number of hydrogen-bond donors (Lipinski definition) is 1. The van der Waals surface area contributed by atoms with E-state index in [-0.39, 0.29) is 11.0 Å². The number of H-pyrrole nitrogens is 1. The van der Waals surface area contributed by atoms with E-state index >= 15 is 0 Å². The Labute approximate surface area is 112 Å². The van der Waals surface area contributed by atoms with Crippen molar-refractivity contribution in [2.24, 2.45) is 0 Å². The van der Waals surface area contributed by atoms with Crippen molar-refractivity contribution in [2.75, 3.05) is 18.0 Å². The third kappa shape index (κ3) is 3.16. The van der Waals surface area contributed by atoms with Gasteiger partial charge in [0.1, 0.15) is 16.9 Å². The van der Waals surface area contributed by atoms with Crippen LogP contribution in [0.1, 0.15) is 44.0 Å². The summed E-state index contributed by atoms with van der Waals surface area (Å²) in [5, 5.41) is 0. The molecule has 5 nitrogen and oxygen atoms in total. The molecule has 19 heavy (non-hydrogen) atoms. The van der Waals surface area contributed by atoms with Crippen LogP contribution in [0.2, 0.25) is 0 Å². The number of hydrogen-bond acceptors (Lipinski definition) is 4. The van der Waals surface area contributed by atoms with E-state index in [0.717, 1.165) is 25.9 Å². The van der Waals surface area contributed by atoms with Crippen LogP contribution in [0.4, 0.5) is 5.69 Å². The van der Waals surface area contributed by atoms with Gasteiger partial charge in [0.2, 0.25) is 5.43 Å². The van der Waals surface area contributed by atoms with Gasteiger partial charge in [0.05, 0.1) is 0 Å². The van der Waals surface area contributed by atoms with Gasteiger partial charge in [-0.1, -0.05) is 0 Å². The van der Waals surface area contributed by atoms with Crippen molar-refractivity contribution in [1.29, 1.82) is 0 Å².